The number of amides is 2. The summed E-state index contributed by atoms with van der Waals surface area (Å²) in [6.07, 6.45) is 2.00. The highest BCUT2D eigenvalue weighted by Gasteiger charge is 2.15. The predicted octanol–water partition coefficient (Wildman–Crippen LogP) is 5.78. The van der Waals surface area contributed by atoms with Gasteiger partial charge in [0.05, 0.1) is 12.7 Å². The zero-order chi connectivity index (χ0) is 24.5. The number of hydrogen-bond acceptors (Lipinski definition) is 4. The fourth-order valence-electron chi connectivity index (χ4n) is 3.22. The van der Waals surface area contributed by atoms with E-state index in [1.165, 1.54) is 12.1 Å². The Morgan fingerprint density at radius 1 is 0.941 bits per heavy atom. The third-order valence-corrected chi connectivity index (χ3v) is 6.60. The van der Waals surface area contributed by atoms with Crippen LogP contribution in [0.15, 0.2) is 60.7 Å². The van der Waals surface area contributed by atoms with Crippen molar-refractivity contribution in [3.05, 3.63) is 84.5 Å². The van der Waals surface area contributed by atoms with Gasteiger partial charge in [0.15, 0.2) is 5.75 Å². The molecular weight excluding hydrogens is 658 g/mol. The van der Waals surface area contributed by atoms with Crippen molar-refractivity contribution in [1.29, 1.82) is 0 Å². The molecule has 0 spiro atoms. The highest BCUT2D eigenvalue weighted by Crippen LogP contribution is 2.34. The molecule has 3 aromatic rings. The van der Waals surface area contributed by atoms with Gasteiger partial charge < -0.3 is 20.5 Å². The van der Waals surface area contributed by atoms with Crippen LogP contribution in [0.25, 0.3) is 0 Å². The fourth-order valence-corrected chi connectivity index (χ4v) is 5.33. The van der Waals surface area contributed by atoms with Crippen LogP contribution in [-0.4, -0.2) is 23.5 Å². The average Bonchev–Trinajstić information content (AvgIpc) is 2.83. The number of halogens is 2. The van der Waals surface area contributed by atoms with E-state index in [-0.39, 0.29) is 23.1 Å². The Morgan fingerprint density at radius 3 is 2.32 bits per heavy atom. The van der Waals surface area contributed by atoms with Crippen LogP contribution < -0.4 is 15.4 Å². The van der Waals surface area contributed by atoms with Crippen molar-refractivity contribution < 1.29 is 19.4 Å². The molecule has 0 unspecified atom stereocenters. The number of aromatic hydroxyl groups is 1. The Hall–Kier alpha value is -2.34. The number of carbonyl (C=O) groups is 2. The summed E-state index contributed by atoms with van der Waals surface area (Å²) in [4.78, 5) is 24.6. The van der Waals surface area contributed by atoms with Crippen molar-refractivity contribution in [1.82, 2.24) is 10.6 Å². The number of benzene rings is 3. The molecule has 0 aliphatic heterocycles. The third kappa shape index (κ3) is 7.59. The van der Waals surface area contributed by atoms with E-state index in [1.807, 2.05) is 49.4 Å². The summed E-state index contributed by atoms with van der Waals surface area (Å²) >= 11 is 4.42. The van der Waals surface area contributed by atoms with Gasteiger partial charge in [0.25, 0.3) is 5.91 Å². The second-order valence-corrected chi connectivity index (χ2v) is 10.0. The van der Waals surface area contributed by atoms with Crippen molar-refractivity contribution in [3.63, 3.8) is 0 Å². The molecule has 0 aromatic heterocycles. The molecule has 34 heavy (non-hydrogen) atoms. The Balaban J connectivity index is 1.69. The highest BCUT2D eigenvalue weighted by molar-refractivity contribution is 14.1. The van der Waals surface area contributed by atoms with Crippen LogP contribution >= 0.6 is 45.2 Å². The van der Waals surface area contributed by atoms with Crippen LogP contribution in [-0.2, 0) is 17.8 Å². The number of aryl methyl sites for hydroxylation is 1. The summed E-state index contributed by atoms with van der Waals surface area (Å²) in [6, 6.07) is 18.2. The number of ether oxygens (including phenoxy) is 1. The van der Waals surface area contributed by atoms with E-state index in [0.29, 0.717) is 37.4 Å². The summed E-state index contributed by atoms with van der Waals surface area (Å²) in [7, 11) is 0. The van der Waals surface area contributed by atoms with Crippen LogP contribution in [0.5, 0.6) is 17.2 Å². The Bertz CT molecular complexity index is 1130. The second kappa shape index (κ2) is 12.9. The third-order valence-electron chi connectivity index (χ3n) is 5.00. The number of nitrogens with one attached hydrogen (secondary N) is 2. The SMILES string of the molecule is CCCNC(=O)CCc1cc(I)c(Oc2ccc(O)c(C(=O)NCc3ccccc3)c2)c(I)c1. The van der Waals surface area contributed by atoms with Gasteiger partial charge in [-0.15, -0.1) is 0 Å². The van der Waals surface area contributed by atoms with Gasteiger partial charge in [-0.3, -0.25) is 9.59 Å². The molecule has 0 aliphatic rings. The first-order chi connectivity index (χ1) is 16.4. The normalized spacial score (nSPS) is 10.6. The quantitative estimate of drug-likeness (QED) is 0.237. The van der Waals surface area contributed by atoms with E-state index >= 15 is 0 Å². The molecular formula is C26H26I2N2O4. The molecule has 6 nitrogen and oxygen atoms in total. The summed E-state index contributed by atoms with van der Waals surface area (Å²) < 4.78 is 7.90. The van der Waals surface area contributed by atoms with E-state index in [9.17, 15) is 14.7 Å². The summed E-state index contributed by atoms with van der Waals surface area (Å²) in [5.74, 6) is 0.674. The van der Waals surface area contributed by atoms with E-state index in [0.717, 1.165) is 24.7 Å². The van der Waals surface area contributed by atoms with Crippen molar-refractivity contribution in [2.45, 2.75) is 32.7 Å². The van der Waals surface area contributed by atoms with E-state index in [4.69, 9.17) is 4.74 Å². The lowest BCUT2D eigenvalue weighted by Gasteiger charge is -2.14. The van der Waals surface area contributed by atoms with Gasteiger partial charge in [-0.1, -0.05) is 37.3 Å². The molecule has 0 bridgehead atoms. The van der Waals surface area contributed by atoms with Crippen molar-refractivity contribution >= 4 is 57.0 Å². The molecule has 0 aliphatic carbocycles. The van der Waals surface area contributed by atoms with Crippen molar-refractivity contribution in [3.8, 4) is 17.2 Å². The minimum Gasteiger partial charge on any atom is -0.507 e. The van der Waals surface area contributed by atoms with Crippen LogP contribution in [0.4, 0.5) is 0 Å². The topological polar surface area (TPSA) is 87.7 Å². The maximum atomic E-state index is 12.7. The number of carbonyl (C=O) groups excluding carboxylic acids is 2. The molecule has 0 heterocycles. The predicted molar refractivity (Wildman–Crippen MR) is 149 cm³/mol. The first kappa shape index (κ1) is 26.3. The minimum atomic E-state index is -0.382. The smallest absolute Gasteiger partial charge is 0.255 e. The van der Waals surface area contributed by atoms with Gasteiger partial charge in [-0.25, -0.2) is 0 Å². The molecule has 8 heteroatoms. The van der Waals surface area contributed by atoms with Crippen LogP contribution in [0, 0.1) is 7.14 Å². The number of rotatable bonds is 10. The lowest BCUT2D eigenvalue weighted by molar-refractivity contribution is -0.121. The van der Waals surface area contributed by atoms with E-state index in [1.54, 1.807) is 6.07 Å². The molecule has 0 fully saturated rings. The molecule has 2 amide bonds. The Labute approximate surface area is 226 Å². The number of phenols is 1. The average molecular weight is 684 g/mol. The van der Waals surface area contributed by atoms with Gasteiger partial charge in [-0.05, 0) is 99.5 Å². The first-order valence-electron chi connectivity index (χ1n) is 10.9. The van der Waals surface area contributed by atoms with Crippen molar-refractivity contribution in [2.24, 2.45) is 0 Å². The molecule has 178 valence electrons. The molecule has 0 saturated heterocycles. The number of hydrogen-bond donors (Lipinski definition) is 3. The summed E-state index contributed by atoms with van der Waals surface area (Å²) in [6.45, 7) is 3.08. The van der Waals surface area contributed by atoms with E-state index < -0.39 is 0 Å². The molecule has 3 aromatic carbocycles. The molecule has 0 saturated carbocycles. The fraction of sp³-hybridized carbons (Fsp3) is 0.231. The molecule has 0 atom stereocenters. The maximum Gasteiger partial charge on any atom is 0.255 e. The lowest BCUT2D eigenvalue weighted by atomic mass is 10.1. The molecule has 3 rings (SSSR count). The van der Waals surface area contributed by atoms with Gasteiger partial charge in [0.1, 0.15) is 11.5 Å². The highest BCUT2D eigenvalue weighted by atomic mass is 127. The van der Waals surface area contributed by atoms with Crippen molar-refractivity contribution in [2.75, 3.05) is 6.54 Å². The second-order valence-electron chi connectivity index (χ2n) is 7.69. The Kier molecular flexibility index (Phi) is 10.00. The van der Waals surface area contributed by atoms with Crippen LogP contribution in [0.1, 0.15) is 41.3 Å². The van der Waals surface area contributed by atoms with Gasteiger partial charge in [0.2, 0.25) is 5.91 Å². The summed E-state index contributed by atoms with van der Waals surface area (Å²) in [5.41, 5.74) is 2.17. The zero-order valence-corrected chi connectivity index (χ0v) is 23.1. The van der Waals surface area contributed by atoms with E-state index in [2.05, 4.69) is 55.8 Å². The van der Waals surface area contributed by atoms with Gasteiger partial charge in [-0.2, -0.15) is 0 Å². The van der Waals surface area contributed by atoms with Crippen LogP contribution in [0.2, 0.25) is 0 Å². The molecule has 3 N–H and O–H groups in total. The maximum absolute atomic E-state index is 12.7. The lowest BCUT2D eigenvalue weighted by Crippen LogP contribution is -2.24. The monoisotopic (exact) mass is 684 g/mol. The van der Waals surface area contributed by atoms with Gasteiger partial charge >= 0.3 is 0 Å². The summed E-state index contributed by atoms with van der Waals surface area (Å²) in [5, 5.41) is 15.9. The minimum absolute atomic E-state index is 0.0503. The zero-order valence-electron chi connectivity index (χ0n) is 18.7. The largest absolute Gasteiger partial charge is 0.507 e. The molecule has 0 radical (unpaired) electrons. The number of phenolic OH excluding ortho intramolecular Hbond substituents is 1. The first-order valence-corrected chi connectivity index (χ1v) is 13.1. The van der Waals surface area contributed by atoms with Crippen LogP contribution in [0.3, 0.4) is 0 Å². The Morgan fingerprint density at radius 2 is 1.65 bits per heavy atom. The standard InChI is InChI=1S/C26H26I2N2O4/c1-2-12-29-24(32)11-8-18-13-21(27)25(22(28)14-18)34-19-9-10-23(31)20(15-19)26(33)30-16-17-6-4-3-5-7-17/h3-7,9-10,13-15,31H,2,8,11-12,16H2,1H3,(H,29,32)(H,30,33). The van der Waals surface area contributed by atoms with Gasteiger partial charge in [0, 0.05) is 19.5 Å².